The molecule has 0 aromatic heterocycles. The van der Waals surface area contributed by atoms with E-state index in [2.05, 4.69) is 83.1 Å². The summed E-state index contributed by atoms with van der Waals surface area (Å²) < 4.78 is 0. The lowest BCUT2D eigenvalue weighted by molar-refractivity contribution is 0.177. The van der Waals surface area contributed by atoms with Crippen LogP contribution in [-0.2, 0) is 0 Å². The maximum Gasteiger partial charge on any atom is -0.0388 e. The van der Waals surface area contributed by atoms with E-state index in [9.17, 15) is 0 Å². The monoisotopic (exact) mass is 505 g/mol. The molecule has 0 radical (unpaired) electrons. The van der Waals surface area contributed by atoms with E-state index in [1.165, 1.54) is 77.0 Å². The molecule has 0 heterocycles. The van der Waals surface area contributed by atoms with Crippen molar-refractivity contribution in [3.8, 4) is 0 Å². The molecule has 0 aromatic rings. The second-order valence-corrected chi connectivity index (χ2v) is 15.5. The fourth-order valence-corrected chi connectivity index (χ4v) is 7.43. The van der Waals surface area contributed by atoms with Crippen LogP contribution in [-0.4, -0.2) is 0 Å². The Morgan fingerprint density at radius 1 is 0.278 bits per heavy atom. The molecule has 3 aliphatic carbocycles. The summed E-state index contributed by atoms with van der Waals surface area (Å²) in [5.41, 5.74) is 0. The molecule has 0 bridgehead atoms. The average Bonchev–Trinajstić information content (AvgIpc) is 2.85. The van der Waals surface area contributed by atoms with Gasteiger partial charge in [0.15, 0.2) is 0 Å². The van der Waals surface area contributed by atoms with Crippen molar-refractivity contribution in [2.45, 2.75) is 160 Å². The van der Waals surface area contributed by atoms with Crippen molar-refractivity contribution in [1.29, 1.82) is 0 Å². The van der Waals surface area contributed by atoms with Crippen LogP contribution in [0, 0.1) is 71.0 Å². The van der Waals surface area contributed by atoms with Gasteiger partial charge in [-0.15, -0.1) is 0 Å². The summed E-state index contributed by atoms with van der Waals surface area (Å²) in [5.74, 6) is 11.6. The molecule has 36 heavy (non-hydrogen) atoms. The van der Waals surface area contributed by atoms with E-state index in [0.29, 0.717) is 0 Å². The first-order valence-electron chi connectivity index (χ1n) is 16.8. The van der Waals surface area contributed by atoms with Crippen LogP contribution in [0.1, 0.15) is 160 Å². The van der Waals surface area contributed by atoms with Gasteiger partial charge in [-0.25, -0.2) is 0 Å². The van der Waals surface area contributed by atoms with Gasteiger partial charge in [-0.05, 0) is 90.3 Å². The van der Waals surface area contributed by atoms with E-state index in [1.807, 2.05) is 0 Å². The molecule has 0 nitrogen and oxygen atoms in total. The lowest BCUT2D eigenvalue weighted by Gasteiger charge is -2.33. The van der Waals surface area contributed by atoms with Gasteiger partial charge in [-0.3, -0.25) is 0 Å². The van der Waals surface area contributed by atoms with Gasteiger partial charge in [0.2, 0.25) is 0 Å². The maximum absolute atomic E-state index is 2.38. The van der Waals surface area contributed by atoms with Crippen molar-refractivity contribution in [3.63, 3.8) is 0 Å². The van der Waals surface area contributed by atoms with Gasteiger partial charge in [0, 0.05) is 0 Å². The maximum atomic E-state index is 2.38. The number of hydrogen-bond donors (Lipinski definition) is 0. The van der Waals surface area contributed by atoms with Crippen LogP contribution < -0.4 is 0 Å². The Hall–Kier alpha value is 0. The topological polar surface area (TPSA) is 0 Å². The second kappa shape index (κ2) is 17.6. The fourth-order valence-electron chi connectivity index (χ4n) is 7.43. The van der Waals surface area contributed by atoms with E-state index in [1.54, 1.807) is 0 Å². The van der Waals surface area contributed by atoms with E-state index >= 15 is 0 Å². The van der Waals surface area contributed by atoms with Crippen LogP contribution in [0.15, 0.2) is 0 Å². The van der Waals surface area contributed by atoms with Gasteiger partial charge in [-0.1, -0.05) is 141 Å². The van der Waals surface area contributed by atoms with Gasteiger partial charge in [-0.2, -0.15) is 0 Å². The van der Waals surface area contributed by atoms with Gasteiger partial charge in [0.1, 0.15) is 0 Å². The Labute approximate surface area is 231 Å². The molecule has 3 rings (SSSR count). The molecule has 0 saturated heterocycles. The van der Waals surface area contributed by atoms with Gasteiger partial charge < -0.3 is 0 Å². The van der Waals surface area contributed by atoms with E-state index in [4.69, 9.17) is 0 Å². The molecule has 0 amide bonds. The number of hydrogen-bond acceptors (Lipinski definition) is 0. The SMILES string of the molecule is CC(C)[C@@H]1CCC[C@@H](C(C)C)C1.CC(C)[C@@H]1CCC[C@H](C(C)C)C1.CC(C)[C@H]1CCC[C@H](C(C)C)C1. The standard InChI is InChI=1S/3C12H24/c3*1-9(2)11-6-5-7-12(8-11)10(3)4/h3*9-12H,5-8H2,1-4H3/t11-,12+;2*11-,12-/m.10/s1. The summed E-state index contributed by atoms with van der Waals surface area (Å²) in [4.78, 5) is 0. The Bertz CT molecular complexity index is 406. The fraction of sp³-hybridized carbons (Fsp3) is 1.00. The molecule has 0 N–H and O–H groups in total. The zero-order valence-corrected chi connectivity index (χ0v) is 27.4. The zero-order valence-electron chi connectivity index (χ0n) is 27.4. The summed E-state index contributed by atoms with van der Waals surface area (Å²) >= 11 is 0. The van der Waals surface area contributed by atoms with E-state index < -0.39 is 0 Å². The third-order valence-corrected chi connectivity index (χ3v) is 10.9. The highest BCUT2D eigenvalue weighted by molar-refractivity contribution is 4.78. The van der Waals surface area contributed by atoms with Gasteiger partial charge in [0.25, 0.3) is 0 Å². The van der Waals surface area contributed by atoms with Crippen LogP contribution in [0.5, 0.6) is 0 Å². The molecule has 0 heteroatoms. The Morgan fingerprint density at radius 3 is 0.528 bits per heavy atom. The predicted octanol–water partition coefficient (Wildman–Crippen LogP) is 12.3. The predicted molar refractivity (Wildman–Crippen MR) is 165 cm³/mol. The minimum atomic E-state index is 0.909. The number of rotatable bonds is 6. The molecule has 3 fully saturated rings. The molecule has 0 aliphatic heterocycles. The van der Waals surface area contributed by atoms with Crippen molar-refractivity contribution in [2.75, 3.05) is 0 Å². The van der Waals surface area contributed by atoms with Crippen molar-refractivity contribution in [1.82, 2.24) is 0 Å². The first-order valence-corrected chi connectivity index (χ1v) is 16.8. The molecule has 0 spiro atoms. The van der Waals surface area contributed by atoms with Crippen LogP contribution in [0.25, 0.3) is 0 Å². The minimum absolute atomic E-state index is 0.909. The van der Waals surface area contributed by atoms with Crippen molar-refractivity contribution in [3.05, 3.63) is 0 Å². The zero-order chi connectivity index (χ0) is 27.4. The van der Waals surface area contributed by atoms with Crippen molar-refractivity contribution >= 4 is 0 Å². The Kier molecular flexibility index (Phi) is 16.6. The second-order valence-electron chi connectivity index (χ2n) is 15.5. The minimum Gasteiger partial charge on any atom is -0.0625 e. The van der Waals surface area contributed by atoms with Crippen molar-refractivity contribution in [2.24, 2.45) is 71.0 Å². The summed E-state index contributed by atoms with van der Waals surface area (Å²) in [7, 11) is 0. The normalized spacial score (nSPS) is 31.5. The highest BCUT2D eigenvalue weighted by Crippen LogP contribution is 2.38. The van der Waals surface area contributed by atoms with E-state index in [-0.39, 0.29) is 0 Å². The lowest BCUT2D eigenvalue weighted by Crippen LogP contribution is -2.22. The molecule has 0 unspecified atom stereocenters. The van der Waals surface area contributed by atoms with E-state index in [0.717, 1.165) is 71.0 Å². The van der Waals surface area contributed by atoms with Crippen molar-refractivity contribution < 1.29 is 0 Å². The summed E-state index contributed by atoms with van der Waals surface area (Å²) in [6, 6.07) is 0. The third kappa shape index (κ3) is 12.7. The molecule has 216 valence electrons. The molecule has 3 saturated carbocycles. The highest BCUT2D eigenvalue weighted by atomic mass is 14.3. The molecule has 0 aromatic carbocycles. The molecule has 3 aliphatic rings. The first kappa shape index (κ1) is 34.0. The molecule has 6 atom stereocenters. The van der Waals surface area contributed by atoms with Crippen LogP contribution in [0.2, 0.25) is 0 Å². The summed E-state index contributed by atoms with van der Waals surface area (Å²) in [5, 5.41) is 0. The molecular weight excluding hydrogens is 432 g/mol. The third-order valence-electron chi connectivity index (χ3n) is 10.9. The highest BCUT2D eigenvalue weighted by Gasteiger charge is 2.27. The smallest absolute Gasteiger partial charge is 0.0388 e. The molecular formula is C36H72. The van der Waals surface area contributed by atoms with Crippen LogP contribution in [0.3, 0.4) is 0 Å². The first-order chi connectivity index (χ1) is 16.8. The van der Waals surface area contributed by atoms with Gasteiger partial charge in [0.05, 0.1) is 0 Å². The quantitative estimate of drug-likeness (QED) is 0.337. The van der Waals surface area contributed by atoms with Crippen LogP contribution >= 0.6 is 0 Å². The average molecular weight is 505 g/mol. The largest absolute Gasteiger partial charge is 0.0625 e. The Balaban J connectivity index is 0.000000270. The van der Waals surface area contributed by atoms with Crippen LogP contribution in [0.4, 0.5) is 0 Å². The Morgan fingerprint density at radius 2 is 0.417 bits per heavy atom. The summed E-state index contributed by atoms with van der Waals surface area (Å²) in [6.07, 6.45) is 17.8. The lowest BCUT2D eigenvalue weighted by atomic mass is 9.72. The van der Waals surface area contributed by atoms with Gasteiger partial charge >= 0.3 is 0 Å². The summed E-state index contributed by atoms with van der Waals surface area (Å²) in [6.45, 7) is 28.6.